The van der Waals surface area contributed by atoms with Crippen LogP contribution in [0.2, 0.25) is 0 Å². The highest BCUT2D eigenvalue weighted by molar-refractivity contribution is 7.99. The Labute approximate surface area is 180 Å². The Morgan fingerprint density at radius 1 is 1.10 bits per heavy atom. The lowest BCUT2D eigenvalue weighted by Crippen LogP contribution is -2.40. The van der Waals surface area contributed by atoms with Crippen molar-refractivity contribution in [3.05, 3.63) is 23.8 Å². The molecule has 6 heteroatoms. The summed E-state index contributed by atoms with van der Waals surface area (Å²) in [7, 11) is 1.68. The third-order valence-corrected chi connectivity index (χ3v) is 6.87. The molecule has 29 heavy (non-hydrogen) atoms. The minimum atomic E-state index is -0.483. The smallest absolute Gasteiger partial charge is 0.161 e. The van der Waals surface area contributed by atoms with Gasteiger partial charge in [-0.15, -0.1) is 0 Å². The van der Waals surface area contributed by atoms with Crippen LogP contribution in [0.1, 0.15) is 50.5 Å². The molecule has 1 saturated carbocycles. The zero-order valence-corrected chi connectivity index (χ0v) is 18.7. The predicted octanol–water partition coefficient (Wildman–Crippen LogP) is 3.69. The second-order valence-electron chi connectivity index (χ2n) is 8.29. The molecule has 0 unspecified atom stereocenters. The van der Waals surface area contributed by atoms with E-state index < -0.39 is 6.10 Å². The van der Waals surface area contributed by atoms with Gasteiger partial charge in [-0.2, -0.15) is 11.8 Å². The molecule has 0 bridgehead atoms. The molecule has 3 rings (SSSR count). The normalized spacial score (nSPS) is 20.6. The Morgan fingerprint density at radius 2 is 1.83 bits per heavy atom. The predicted molar refractivity (Wildman–Crippen MR) is 121 cm³/mol. The van der Waals surface area contributed by atoms with Crippen molar-refractivity contribution in [2.45, 2.75) is 63.6 Å². The summed E-state index contributed by atoms with van der Waals surface area (Å²) in [6, 6.07) is 6.75. The first-order valence-corrected chi connectivity index (χ1v) is 12.4. The number of thioether (sulfide) groups is 1. The van der Waals surface area contributed by atoms with Crippen molar-refractivity contribution in [3.8, 4) is 11.5 Å². The van der Waals surface area contributed by atoms with Gasteiger partial charge in [0.2, 0.25) is 0 Å². The molecule has 1 aliphatic heterocycles. The standard InChI is InChI=1S/C23H38N2O3S/c1-27-23-15-19(16-24-20-7-5-3-2-4-6-8-20)9-10-22(23)28-18-21(26)17-25-11-13-29-14-12-25/h9-10,15,20-21,24,26H,2-8,11-14,16-18H2,1H3/t21-/m0/s1. The summed E-state index contributed by atoms with van der Waals surface area (Å²) in [6.07, 6.45) is 8.91. The molecular formula is C23H38N2O3S. The van der Waals surface area contributed by atoms with Crippen LogP contribution < -0.4 is 14.8 Å². The maximum Gasteiger partial charge on any atom is 0.161 e. The first kappa shape index (κ1) is 22.7. The largest absolute Gasteiger partial charge is 0.493 e. The minimum absolute atomic E-state index is 0.291. The van der Waals surface area contributed by atoms with Crippen LogP contribution in [0.3, 0.4) is 0 Å². The number of benzene rings is 1. The number of ether oxygens (including phenoxy) is 2. The van der Waals surface area contributed by atoms with Gasteiger partial charge in [-0.1, -0.05) is 38.2 Å². The molecule has 1 heterocycles. The van der Waals surface area contributed by atoms with Crippen molar-refractivity contribution in [3.63, 3.8) is 0 Å². The van der Waals surface area contributed by atoms with Crippen LogP contribution in [0.15, 0.2) is 18.2 Å². The average molecular weight is 423 g/mol. The van der Waals surface area contributed by atoms with Gasteiger partial charge >= 0.3 is 0 Å². The van der Waals surface area contributed by atoms with Crippen molar-refractivity contribution in [1.82, 2.24) is 10.2 Å². The molecule has 2 aliphatic rings. The van der Waals surface area contributed by atoms with E-state index in [0.717, 1.165) is 36.9 Å². The van der Waals surface area contributed by atoms with Gasteiger partial charge in [-0.25, -0.2) is 0 Å². The molecule has 1 saturated heterocycles. The maximum absolute atomic E-state index is 10.3. The third kappa shape index (κ3) is 8.00. The molecule has 0 amide bonds. The van der Waals surface area contributed by atoms with Gasteiger partial charge in [0.15, 0.2) is 11.5 Å². The van der Waals surface area contributed by atoms with Crippen LogP contribution in [-0.2, 0) is 6.54 Å². The Morgan fingerprint density at radius 3 is 2.55 bits per heavy atom. The maximum atomic E-state index is 10.3. The number of methoxy groups -OCH3 is 1. The van der Waals surface area contributed by atoms with Crippen molar-refractivity contribution in [2.24, 2.45) is 0 Å². The van der Waals surface area contributed by atoms with Crippen molar-refractivity contribution >= 4 is 11.8 Å². The molecule has 5 nitrogen and oxygen atoms in total. The number of hydrogen-bond acceptors (Lipinski definition) is 6. The summed E-state index contributed by atoms with van der Waals surface area (Å²) >= 11 is 1.98. The lowest BCUT2D eigenvalue weighted by molar-refractivity contribution is 0.0705. The van der Waals surface area contributed by atoms with E-state index in [1.807, 2.05) is 17.8 Å². The SMILES string of the molecule is COc1cc(CNC2CCCCCCC2)ccc1OC[C@@H](O)CN1CCSCC1. The number of aliphatic hydroxyl groups is 1. The van der Waals surface area contributed by atoms with Gasteiger partial charge in [-0.05, 0) is 30.5 Å². The number of nitrogens with one attached hydrogen (secondary N) is 1. The van der Waals surface area contributed by atoms with Crippen LogP contribution in [-0.4, -0.2) is 67.0 Å². The molecule has 2 fully saturated rings. The second-order valence-corrected chi connectivity index (χ2v) is 9.51. The Balaban J connectivity index is 1.46. The monoisotopic (exact) mass is 422 g/mol. The molecule has 1 aliphatic carbocycles. The Hall–Kier alpha value is -0.950. The Bertz CT molecular complexity index is 587. The van der Waals surface area contributed by atoms with Crippen molar-refractivity contribution in [1.29, 1.82) is 0 Å². The highest BCUT2D eigenvalue weighted by Gasteiger charge is 2.16. The highest BCUT2D eigenvalue weighted by atomic mass is 32.2. The summed E-state index contributed by atoms with van der Waals surface area (Å²) < 4.78 is 11.4. The minimum Gasteiger partial charge on any atom is -0.493 e. The van der Waals surface area contributed by atoms with E-state index in [-0.39, 0.29) is 0 Å². The molecule has 2 N–H and O–H groups in total. The van der Waals surface area contributed by atoms with E-state index in [0.29, 0.717) is 24.9 Å². The van der Waals surface area contributed by atoms with Gasteiger partial charge in [-0.3, -0.25) is 4.90 Å². The highest BCUT2D eigenvalue weighted by Crippen LogP contribution is 2.28. The van der Waals surface area contributed by atoms with Gasteiger partial charge in [0.25, 0.3) is 0 Å². The molecular weight excluding hydrogens is 384 g/mol. The summed E-state index contributed by atoms with van der Waals surface area (Å²) in [5, 5.41) is 14.1. The lowest BCUT2D eigenvalue weighted by Gasteiger charge is -2.28. The van der Waals surface area contributed by atoms with Crippen molar-refractivity contribution in [2.75, 3.05) is 44.9 Å². The first-order chi connectivity index (χ1) is 14.2. The van der Waals surface area contributed by atoms with E-state index in [2.05, 4.69) is 22.3 Å². The second kappa shape index (κ2) is 12.7. The van der Waals surface area contributed by atoms with E-state index in [4.69, 9.17) is 9.47 Å². The summed E-state index contributed by atoms with van der Waals surface area (Å²) in [4.78, 5) is 2.31. The third-order valence-electron chi connectivity index (χ3n) is 5.93. The molecule has 0 aromatic heterocycles. The van der Waals surface area contributed by atoms with Gasteiger partial charge in [0.05, 0.1) is 7.11 Å². The molecule has 1 atom stereocenters. The van der Waals surface area contributed by atoms with Crippen LogP contribution in [0, 0.1) is 0 Å². The average Bonchev–Trinajstić information content (AvgIpc) is 2.72. The molecule has 1 aromatic carbocycles. The fraction of sp³-hybridized carbons (Fsp3) is 0.739. The van der Waals surface area contributed by atoms with Crippen LogP contribution in [0.5, 0.6) is 11.5 Å². The molecule has 0 radical (unpaired) electrons. The van der Waals surface area contributed by atoms with Crippen LogP contribution >= 0.6 is 11.8 Å². The van der Waals surface area contributed by atoms with E-state index in [9.17, 15) is 5.11 Å². The van der Waals surface area contributed by atoms with E-state index in [1.165, 1.54) is 50.5 Å². The zero-order chi connectivity index (χ0) is 20.3. The lowest BCUT2D eigenvalue weighted by atomic mass is 9.96. The number of aliphatic hydroxyl groups excluding tert-OH is 1. The zero-order valence-electron chi connectivity index (χ0n) is 17.9. The first-order valence-electron chi connectivity index (χ1n) is 11.3. The topological polar surface area (TPSA) is 54.0 Å². The van der Waals surface area contributed by atoms with Crippen molar-refractivity contribution < 1.29 is 14.6 Å². The van der Waals surface area contributed by atoms with Gasteiger partial charge in [0, 0.05) is 43.7 Å². The quantitative estimate of drug-likeness (QED) is 0.633. The van der Waals surface area contributed by atoms with Crippen LogP contribution in [0.25, 0.3) is 0 Å². The number of hydrogen-bond donors (Lipinski definition) is 2. The summed E-state index contributed by atoms with van der Waals surface area (Å²) in [5.74, 6) is 3.74. The number of rotatable bonds is 9. The van der Waals surface area contributed by atoms with Crippen LogP contribution in [0.4, 0.5) is 0 Å². The fourth-order valence-electron chi connectivity index (χ4n) is 4.18. The fourth-order valence-corrected chi connectivity index (χ4v) is 5.16. The molecule has 0 spiro atoms. The Kier molecular flexibility index (Phi) is 9.94. The van der Waals surface area contributed by atoms with Gasteiger partial charge in [0.1, 0.15) is 12.7 Å². The molecule has 1 aromatic rings. The summed E-state index contributed by atoms with van der Waals surface area (Å²) in [5.41, 5.74) is 1.21. The van der Waals surface area contributed by atoms with E-state index in [1.54, 1.807) is 7.11 Å². The number of nitrogens with zero attached hydrogens (tertiary/aromatic N) is 1. The number of β-amino-alcohol motifs (C(OH)–C–C–N with tert-alkyl or cyclic N) is 1. The van der Waals surface area contributed by atoms with Gasteiger partial charge < -0.3 is 19.9 Å². The summed E-state index contributed by atoms with van der Waals surface area (Å²) in [6.45, 7) is 3.92. The molecule has 164 valence electrons. The van der Waals surface area contributed by atoms with E-state index >= 15 is 0 Å².